The van der Waals surface area contributed by atoms with Crippen molar-refractivity contribution in [1.29, 1.82) is 0 Å². The van der Waals surface area contributed by atoms with Crippen molar-refractivity contribution in [2.45, 2.75) is 24.5 Å². The van der Waals surface area contributed by atoms with Gasteiger partial charge >= 0.3 is 0 Å². The lowest BCUT2D eigenvalue weighted by atomic mass is 10.1. The average Bonchev–Trinajstić information content (AvgIpc) is 2.69. The van der Waals surface area contributed by atoms with E-state index >= 15 is 0 Å². The molecule has 0 aliphatic carbocycles. The number of nitrogens with zero attached hydrogens (tertiary/aromatic N) is 2. The van der Waals surface area contributed by atoms with Crippen LogP contribution in [0.2, 0.25) is 0 Å². The quantitative estimate of drug-likeness (QED) is 0.660. The summed E-state index contributed by atoms with van der Waals surface area (Å²) in [4.78, 5) is 4.45. The Kier molecular flexibility index (Phi) is 3.27. The van der Waals surface area contributed by atoms with E-state index in [0.717, 1.165) is 19.5 Å². The van der Waals surface area contributed by atoms with Gasteiger partial charge in [-0.05, 0) is 20.5 Å². The monoisotopic (exact) mass is 247 g/mol. The Morgan fingerprint density at radius 3 is 2.44 bits per heavy atom. The topological polar surface area (TPSA) is 66.6 Å². The number of hydrogen-bond donors (Lipinski definition) is 1. The third-order valence-electron chi connectivity index (χ3n) is 3.76. The molecule has 0 saturated carbocycles. The van der Waals surface area contributed by atoms with E-state index in [4.69, 9.17) is 5.73 Å². The first-order valence-corrected chi connectivity index (χ1v) is 7.57. The Labute approximate surface area is 97.5 Å². The summed E-state index contributed by atoms with van der Waals surface area (Å²) in [6.07, 6.45) is 1.11. The molecule has 0 amide bonds. The highest BCUT2D eigenvalue weighted by Gasteiger charge is 2.41. The molecule has 3 atom stereocenters. The summed E-state index contributed by atoms with van der Waals surface area (Å²) in [6, 6.07) is 0.372. The second kappa shape index (κ2) is 4.25. The first-order chi connectivity index (χ1) is 7.39. The molecule has 2 saturated heterocycles. The zero-order chi connectivity index (χ0) is 11.9. The second-order valence-electron chi connectivity index (χ2n) is 5.21. The smallest absolute Gasteiger partial charge is 0.153 e. The summed E-state index contributed by atoms with van der Waals surface area (Å²) in [5.41, 5.74) is 5.92. The van der Waals surface area contributed by atoms with E-state index in [9.17, 15) is 8.42 Å². The van der Waals surface area contributed by atoms with E-state index in [1.165, 1.54) is 0 Å². The van der Waals surface area contributed by atoms with Crippen LogP contribution in [0.15, 0.2) is 0 Å². The Balaban J connectivity index is 2.00. The first-order valence-electron chi connectivity index (χ1n) is 5.75. The van der Waals surface area contributed by atoms with Crippen molar-refractivity contribution in [2.75, 3.05) is 38.7 Å². The number of rotatable bonds is 2. The lowest BCUT2D eigenvalue weighted by Crippen LogP contribution is -2.47. The summed E-state index contributed by atoms with van der Waals surface area (Å²) in [6.45, 7) is 1.91. The van der Waals surface area contributed by atoms with Gasteiger partial charge in [0.1, 0.15) is 0 Å². The summed E-state index contributed by atoms with van der Waals surface area (Å²) >= 11 is 0. The molecular weight excluding hydrogens is 226 g/mol. The van der Waals surface area contributed by atoms with Gasteiger partial charge in [0.05, 0.1) is 11.5 Å². The molecule has 0 bridgehead atoms. The van der Waals surface area contributed by atoms with E-state index in [-0.39, 0.29) is 23.6 Å². The van der Waals surface area contributed by atoms with E-state index in [1.807, 2.05) is 0 Å². The third kappa shape index (κ3) is 2.40. The minimum absolute atomic E-state index is 0.0370. The van der Waals surface area contributed by atoms with Crippen LogP contribution in [-0.4, -0.2) is 75.0 Å². The molecule has 0 aromatic heterocycles. The Hall–Kier alpha value is -0.170. The Morgan fingerprint density at radius 2 is 2.00 bits per heavy atom. The van der Waals surface area contributed by atoms with Crippen molar-refractivity contribution in [2.24, 2.45) is 5.73 Å². The largest absolute Gasteiger partial charge is 0.325 e. The van der Waals surface area contributed by atoms with Crippen LogP contribution >= 0.6 is 0 Å². The van der Waals surface area contributed by atoms with Crippen LogP contribution in [0.25, 0.3) is 0 Å². The van der Waals surface area contributed by atoms with Gasteiger partial charge in [-0.2, -0.15) is 0 Å². The maximum Gasteiger partial charge on any atom is 0.153 e. The van der Waals surface area contributed by atoms with Gasteiger partial charge in [0, 0.05) is 31.2 Å². The number of likely N-dealkylation sites (tertiary alicyclic amines) is 1. The molecule has 2 N–H and O–H groups in total. The molecule has 0 radical (unpaired) electrons. The minimum Gasteiger partial charge on any atom is -0.325 e. The summed E-state index contributed by atoms with van der Waals surface area (Å²) in [5, 5.41) is 0. The molecule has 2 aliphatic heterocycles. The van der Waals surface area contributed by atoms with Gasteiger partial charge in [0.2, 0.25) is 0 Å². The third-order valence-corrected chi connectivity index (χ3v) is 5.50. The maximum absolute atomic E-state index is 11.5. The van der Waals surface area contributed by atoms with Gasteiger partial charge in [-0.25, -0.2) is 8.42 Å². The normalized spacial score (nSPS) is 39.6. The molecule has 16 heavy (non-hydrogen) atoms. The van der Waals surface area contributed by atoms with Crippen LogP contribution in [-0.2, 0) is 9.84 Å². The van der Waals surface area contributed by atoms with Crippen LogP contribution in [0.4, 0.5) is 0 Å². The predicted molar refractivity (Wildman–Crippen MR) is 64.1 cm³/mol. The first kappa shape index (κ1) is 12.3. The zero-order valence-corrected chi connectivity index (χ0v) is 10.8. The van der Waals surface area contributed by atoms with E-state index < -0.39 is 9.84 Å². The van der Waals surface area contributed by atoms with Crippen LogP contribution < -0.4 is 5.73 Å². The molecule has 94 valence electrons. The van der Waals surface area contributed by atoms with Crippen molar-refractivity contribution < 1.29 is 8.42 Å². The molecule has 0 spiro atoms. The lowest BCUT2D eigenvalue weighted by molar-refractivity contribution is 0.217. The minimum atomic E-state index is -2.90. The zero-order valence-electron chi connectivity index (χ0n) is 9.96. The molecular formula is C10H21N3O2S. The average molecular weight is 247 g/mol. The van der Waals surface area contributed by atoms with Crippen molar-refractivity contribution >= 4 is 9.84 Å². The molecule has 2 heterocycles. The SMILES string of the molecule is CN(C)C1CCN(C2CS(=O)(=O)CC2N)C1. The van der Waals surface area contributed by atoms with Gasteiger partial charge in [-0.3, -0.25) is 4.90 Å². The Morgan fingerprint density at radius 1 is 1.31 bits per heavy atom. The van der Waals surface area contributed by atoms with Crippen LogP contribution in [0.1, 0.15) is 6.42 Å². The highest BCUT2D eigenvalue weighted by atomic mass is 32.2. The maximum atomic E-state index is 11.5. The van der Waals surface area contributed by atoms with E-state index in [2.05, 4.69) is 23.9 Å². The lowest BCUT2D eigenvalue weighted by Gasteiger charge is -2.27. The fourth-order valence-corrected chi connectivity index (χ4v) is 4.65. The van der Waals surface area contributed by atoms with Gasteiger partial charge in [-0.1, -0.05) is 0 Å². The molecule has 2 fully saturated rings. The van der Waals surface area contributed by atoms with Crippen molar-refractivity contribution in [1.82, 2.24) is 9.80 Å². The van der Waals surface area contributed by atoms with Crippen molar-refractivity contribution in [3.63, 3.8) is 0 Å². The van der Waals surface area contributed by atoms with Gasteiger partial charge in [-0.15, -0.1) is 0 Å². The van der Waals surface area contributed by atoms with Gasteiger partial charge in [0.25, 0.3) is 0 Å². The second-order valence-corrected chi connectivity index (χ2v) is 7.36. The number of likely N-dealkylation sites (N-methyl/N-ethyl adjacent to an activating group) is 1. The van der Waals surface area contributed by atoms with Gasteiger partial charge < -0.3 is 10.6 Å². The number of sulfone groups is 1. The molecule has 0 aromatic rings. The molecule has 2 aliphatic rings. The predicted octanol–water partition coefficient (Wildman–Crippen LogP) is -1.25. The van der Waals surface area contributed by atoms with Crippen LogP contribution in [0.3, 0.4) is 0 Å². The van der Waals surface area contributed by atoms with Crippen LogP contribution in [0, 0.1) is 0 Å². The fourth-order valence-electron chi connectivity index (χ4n) is 2.72. The number of hydrogen-bond acceptors (Lipinski definition) is 5. The highest BCUT2D eigenvalue weighted by Crippen LogP contribution is 2.22. The molecule has 6 heteroatoms. The molecule has 2 rings (SSSR count). The van der Waals surface area contributed by atoms with Gasteiger partial charge in [0.15, 0.2) is 9.84 Å². The van der Waals surface area contributed by atoms with Crippen molar-refractivity contribution in [3.8, 4) is 0 Å². The number of nitrogens with two attached hydrogens (primary N) is 1. The van der Waals surface area contributed by atoms with E-state index in [1.54, 1.807) is 0 Å². The summed E-state index contributed by atoms with van der Waals surface area (Å²) < 4.78 is 23.0. The standard InChI is InChI=1S/C10H21N3O2S/c1-12(2)8-3-4-13(5-8)10-7-16(14,15)6-9(10)11/h8-10H,3-7,11H2,1-2H3. The summed E-state index contributed by atoms with van der Waals surface area (Å²) in [7, 11) is 1.24. The fraction of sp³-hybridized carbons (Fsp3) is 1.00. The molecule has 3 unspecified atom stereocenters. The van der Waals surface area contributed by atoms with Crippen LogP contribution in [0.5, 0.6) is 0 Å². The van der Waals surface area contributed by atoms with Crippen molar-refractivity contribution in [3.05, 3.63) is 0 Å². The summed E-state index contributed by atoms with van der Waals surface area (Å²) in [5.74, 6) is 0.398. The molecule has 0 aromatic carbocycles. The Bertz CT molecular complexity index is 355. The van der Waals surface area contributed by atoms with E-state index in [0.29, 0.717) is 6.04 Å². The molecule has 5 nitrogen and oxygen atoms in total. The highest BCUT2D eigenvalue weighted by molar-refractivity contribution is 7.91.